The van der Waals surface area contributed by atoms with Crippen LogP contribution in [0.4, 0.5) is 5.69 Å². The number of ether oxygens (including phenoxy) is 2. The van der Waals surface area contributed by atoms with Crippen LogP contribution in [-0.4, -0.2) is 19.1 Å². The van der Waals surface area contributed by atoms with E-state index in [1.165, 1.54) is 12.8 Å². The van der Waals surface area contributed by atoms with Crippen LogP contribution in [0.5, 0.6) is 11.5 Å². The maximum absolute atomic E-state index is 12.6. The number of carbonyl (C=O) groups excluding carboxylic acids is 1. The Morgan fingerprint density at radius 3 is 2.52 bits per heavy atom. The summed E-state index contributed by atoms with van der Waals surface area (Å²) in [5, 5.41) is 12.3. The third-order valence-corrected chi connectivity index (χ3v) is 4.83. The van der Waals surface area contributed by atoms with E-state index in [9.17, 15) is 10.1 Å². The molecule has 0 spiro atoms. The maximum atomic E-state index is 12.6. The molecule has 0 fully saturated rings. The van der Waals surface area contributed by atoms with Crippen molar-refractivity contribution in [2.75, 3.05) is 18.5 Å². The maximum Gasteiger partial charge on any atom is 0.266 e. The monoisotopic (exact) mass is 420 g/mol. The van der Waals surface area contributed by atoms with Gasteiger partial charge in [0.2, 0.25) is 0 Å². The first kappa shape index (κ1) is 24.0. The molecule has 2 aromatic carbocycles. The summed E-state index contributed by atoms with van der Waals surface area (Å²) in [7, 11) is 0. The zero-order valence-corrected chi connectivity index (χ0v) is 19.0. The van der Waals surface area contributed by atoms with Gasteiger partial charge in [-0.3, -0.25) is 4.79 Å². The summed E-state index contributed by atoms with van der Waals surface area (Å²) in [6, 6.07) is 13.2. The average molecular weight is 421 g/mol. The zero-order chi connectivity index (χ0) is 22.6. The van der Waals surface area contributed by atoms with Gasteiger partial charge in [-0.15, -0.1) is 0 Å². The van der Waals surface area contributed by atoms with E-state index in [-0.39, 0.29) is 5.57 Å². The van der Waals surface area contributed by atoms with Gasteiger partial charge in [0.05, 0.1) is 13.2 Å². The number of benzene rings is 2. The minimum atomic E-state index is -0.441. The first-order valence-electron chi connectivity index (χ1n) is 10.9. The Bertz CT molecular complexity index is 958. The van der Waals surface area contributed by atoms with Gasteiger partial charge in [0, 0.05) is 5.69 Å². The molecule has 2 rings (SSSR count). The van der Waals surface area contributed by atoms with Gasteiger partial charge in [0.15, 0.2) is 11.5 Å². The van der Waals surface area contributed by atoms with E-state index in [0.717, 1.165) is 24.0 Å². The minimum Gasteiger partial charge on any atom is -0.490 e. The van der Waals surface area contributed by atoms with E-state index >= 15 is 0 Å². The minimum absolute atomic E-state index is 0.0238. The van der Waals surface area contributed by atoms with Gasteiger partial charge >= 0.3 is 0 Å². The lowest BCUT2D eigenvalue weighted by Crippen LogP contribution is -2.14. The number of anilines is 1. The lowest BCUT2D eigenvalue weighted by Gasteiger charge is -2.13. The molecule has 1 N–H and O–H groups in total. The number of hydrogen-bond donors (Lipinski definition) is 1. The third-order valence-electron chi connectivity index (χ3n) is 4.83. The van der Waals surface area contributed by atoms with Gasteiger partial charge in [-0.05, 0) is 62.6 Å². The quantitative estimate of drug-likeness (QED) is 0.267. The van der Waals surface area contributed by atoms with E-state index in [0.29, 0.717) is 36.0 Å². The van der Waals surface area contributed by atoms with Gasteiger partial charge < -0.3 is 14.8 Å². The van der Waals surface area contributed by atoms with Crippen LogP contribution in [0.1, 0.15) is 56.2 Å². The highest BCUT2D eigenvalue weighted by Crippen LogP contribution is 2.30. The lowest BCUT2D eigenvalue weighted by atomic mass is 10.1. The molecule has 1 amide bonds. The Kier molecular flexibility index (Phi) is 9.64. The van der Waals surface area contributed by atoms with Crippen molar-refractivity contribution in [3.05, 3.63) is 58.7 Å². The van der Waals surface area contributed by atoms with Crippen LogP contribution in [0.15, 0.2) is 42.0 Å². The highest BCUT2D eigenvalue weighted by Gasteiger charge is 2.12. The fourth-order valence-corrected chi connectivity index (χ4v) is 3.17. The average Bonchev–Trinajstić information content (AvgIpc) is 2.75. The van der Waals surface area contributed by atoms with Gasteiger partial charge in [0.25, 0.3) is 5.91 Å². The van der Waals surface area contributed by atoms with E-state index in [4.69, 9.17) is 9.47 Å². The lowest BCUT2D eigenvalue weighted by molar-refractivity contribution is -0.112. The standard InChI is InChI=1S/C26H32N2O3/c1-5-7-8-9-14-31-24-13-11-21(17-25(24)30-6-2)16-22(18-27)26(29)28-23-12-10-19(3)15-20(23)4/h10-13,15-17H,5-9,14H2,1-4H3,(H,28,29)/b22-16+. The zero-order valence-electron chi connectivity index (χ0n) is 19.0. The third kappa shape index (κ3) is 7.49. The highest BCUT2D eigenvalue weighted by atomic mass is 16.5. The van der Waals surface area contributed by atoms with Crippen LogP contribution in [0.2, 0.25) is 0 Å². The van der Waals surface area contributed by atoms with Crippen molar-refractivity contribution in [2.45, 2.75) is 53.4 Å². The van der Waals surface area contributed by atoms with Crippen molar-refractivity contribution >= 4 is 17.7 Å². The molecule has 5 nitrogen and oxygen atoms in total. The summed E-state index contributed by atoms with van der Waals surface area (Å²) in [6.45, 7) is 9.14. The van der Waals surface area contributed by atoms with E-state index in [1.54, 1.807) is 12.1 Å². The van der Waals surface area contributed by atoms with Crippen LogP contribution in [0.25, 0.3) is 6.08 Å². The second-order valence-corrected chi connectivity index (χ2v) is 7.49. The number of amides is 1. The molecule has 2 aromatic rings. The summed E-state index contributed by atoms with van der Waals surface area (Å²) < 4.78 is 11.6. The van der Waals surface area contributed by atoms with Crippen LogP contribution >= 0.6 is 0 Å². The summed E-state index contributed by atoms with van der Waals surface area (Å²) in [4.78, 5) is 12.6. The van der Waals surface area contributed by atoms with Gasteiger partial charge in [-0.25, -0.2) is 0 Å². The fourth-order valence-electron chi connectivity index (χ4n) is 3.17. The molecule has 0 bridgehead atoms. The number of rotatable bonds is 11. The Morgan fingerprint density at radius 1 is 1.03 bits per heavy atom. The van der Waals surface area contributed by atoms with E-state index in [2.05, 4.69) is 12.2 Å². The van der Waals surface area contributed by atoms with Crippen molar-refractivity contribution in [1.82, 2.24) is 0 Å². The van der Waals surface area contributed by atoms with Gasteiger partial charge in [-0.2, -0.15) is 5.26 Å². The van der Waals surface area contributed by atoms with Gasteiger partial charge in [-0.1, -0.05) is 49.9 Å². The number of carbonyl (C=O) groups is 1. The molecule has 0 aromatic heterocycles. The molecule has 0 saturated heterocycles. The molecule has 0 saturated carbocycles. The molecule has 0 unspecified atom stereocenters. The van der Waals surface area contributed by atoms with Gasteiger partial charge in [0.1, 0.15) is 11.6 Å². The Morgan fingerprint density at radius 2 is 1.84 bits per heavy atom. The van der Waals surface area contributed by atoms with E-state index < -0.39 is 5.91 Å². The number of unbranched alkanes of at least 4 members (excludes halogenated alkanes) is 3. The number of nitriles is 1. The molecule has 164 valence electrons. The molecule has 0 atom stereocenters. The van der Waals surface area contributed by atoms with Crippen molar-refractivity contribution in [3.63, 3.8) is 0 Å². The molecule has 0 aliphatic rings. The molecule has 0 aliphatic heterocycles. The first-order chi connectivity index (χ1) is 15.0. The number of hydrogen-bond acceptors (Lipinski definition) is 4. The Hall–Kier alpha value is -3.26. The summed E-state index contributed by atoms with van der Waals surface area (Å²) >= 11 is 0. The topological polar surface area (TPSA) is 71.3 Å². The summed E-state index contributed by atoms with van der Waals surface area (Å²) in [6.07, 6.45) is 6.09. The smallest absolute Gasteiger partial charge is 0.266 e. The van der Waals surface area contributed by atoms with Crippen molar-refractivity contribution in [2.24, 2.45) is 0 Å². The normalized spacial score (nSPS) is 11.0. The van der Waals surface area contributed by atoms with Crippen LogP contribution in [0.3, 0.4) is 0 Å². The molecule has 0 radical (unpaired) electrons. The summed E-state index contributed by atoms with van der Waals surface area (Å²) in [5.74, 6) is 0.844. The van der Waals surface area contributed by atoms with Crippen molar-refractivity contribution in [3.8, 4) is 17.6 Å². The molecule has 0 aliphatic carbocycles. The predicted octanol–water partition coefficient (Wildman–Crippen LogP) is 6.21. The Labute approximate surface area is 185 Å². The van der Waals surface area contributed by atoms with Crippen LogP contribution in [0, 0.1) is 25.2 Å². The number of aryl methyl sites for hydroxylation is 2. The summed E-state index contributed by atoms with van der Waals surface area (Å²) in [5.41, 5.74) is 3.48. The van der Waals surface area contributed by atoms with Crippen molar-refractivity contribution in [1.29, 1.82) is 5.26 Å². The predicted molar refractivity (Wildman–Crippen MR) is 125 cm³/mol. The molecule has 31 heavy (non-hydrogen) atoms. The molecular formula is C26H32N2O3. The largest absolute Gasteiger partial charge is 0.490 e. The fraction of sp³-hybridized carbons (Fsp3) is 0.385. The number of nitrogens with one attached hydrogen (secondary N) is 1. The Balaban J connectivity index is 2.15. The molecule has 5 heteroatoms. The first-order valence-corrected chi connectivity index (χ1v) is 10.9. The number of nitrogens with zero attached hydrogens (tertiary/aromatic N) is 1. The van der Waals surface area contributed by atoms with E-state index in [1.807, 2.05) is 57.2 Å². The highest BCUT2D eigenvalue weighted by molar-refractivity contribution is 6.10. The second kappa shape index (κ2) is 12.4. The van der Waals surface area contributed by atoms with Crippen LogP contribution < -0.4 is 14.8 Å². The van der Waals surface area contributed by atoms with Crippen LogP contribution in [-0.2, 0) is 4.79 Å². The molecule has 0 heterocycles. The molecular weight excluding hydrogens is 388 g/mol. The second-order valence-electron chi connectivity index (χ2n) is 7.49. The SMILES string of the molecule is CCCCCCOc1ccc(/C=C(\C#N)C(=O)Nc2ccc(C)cc2C)cc1OCC. The van der Waals surface area contributed by atoms with Crippen molar-refractivity contribution < 1.29 is 14.3 Å².